The summed E-state index contributed by atoms with van der Waals surface area (Å²) < 4.78 is 5.64. The molecule has 1 N–H and O–H groups in total. The SMILES string of the molecule is CC[C@@H]1CCCCc2ccccc2[C@H](C(=O)C[C@@H](O)CC(C)=O)OC1=O. The van der Waals surface area contributed by atoms with Crippen LogP contribution in [0.5, 0.6) is 0 Å². The smallest absolute Gasteiger partial charge is 0.309 e. The Labute approximate surface area is 154 Å². The molecule has 0 spiro atoms. The van der Waals surface area contributed by atoms with E-state index in [1.54, 1.807) is 0 Å². The molecule has 0 unspecified atom stereocenters. The van der Waals surface area contributed by atoms with Crippen molar-refractivity contribution in [3.63, 3.8) is 0 Å². The highest BCUT2D eigenvalue weighted by Gasteiger charge is 2.31. The zero-order valence-corrected chi connectivity index (χ0v) is 15.6. The molecule has 1 aliphatic rings. The lowest BCUT2D eigenvalue weighted by molar-refractivity contribution is -0.161. The first-order chi connectivity index (χ1) is 12.4. The van der Waals surface area contributed by atoms with Crippen molar-refractivity contribution in [1.29, 1.82) is 0 Å². The number of aliphatic hydroxyl groups excluding tert-OH is 1. The maximum absolute atomic E-state index is 12.8. The van der Waals surface area contributed by atoms with E-state index in [0.717, 1.165) is 31.2 Å². The Morgan fingerprint density at radius 2 is 1.96 bits per heavy atom. The molecule has 0 bridgehead atoms. The first kappa shape index (κ1) is 20.3. The van der Waals surface area contributed by atoms with Gasteiger partial charge in [-0.1, -0.05) is 37.6 Å². The molecule has 5 nitrogen and oxygen atoms in total. The second-order valence-electron chi connectivity index (χ2n) is 7.10. The molecule has 142 valence electrons. The van der Waals surface area contributed by atoms with E-state index >= 15 is 0 Å². The van der Waals surface area contributed by atoms with Crippen molar-refractivity contribution in [1.82, 2.24) is 0 Å². The first-order valence-corrected chi connectivity index (χ1v) is 9.40. The van der Waals surface area contributed by atoms with E-state index < -0.39 is 12.2 Å². The van der Waals surface area contributed by atoms with Gasteiger partial charge in [-0.3, -0.25) is 14.4 Å². The van der Waals surface area contributed by atoms with Crippen LogP contribution in [0.15, 0.2) is 24.3 Å². The summed E-state index contributed by atoms with van der Waals surface area (Å²) in [5.41, 5.74) is 1.69. The zero-order chi connectivity index (χ0) is 19.1. The van der Waals surface area contributed by atoms with Crippen molar-refractivity contribution in [3.05, 3.63) is 35.4 Å². The van der Waals surface area contributed by atoms with Crippen LogP contribution in [0, 0.1) is 5.92 Å². The molecule has 0 fully saturated rings. The minimum Gasteiger partial charge on any atom is -0.449 e. The number of hydrogen-bond donors (Lipinski definition) is 1. The van der Waals surface area contributed by atoms with Crippen LogP contribution in [0.25, 0.3) is 0 Å². The minimum atomic E-state index is -1.05. The molecule has 1 aromatic carbocycles. The third-order valence-electron chi connectivity index (χ3n) is 4.90. The monoisotopic (exact) mass is 360 g/mol. The molecular formula is C21H28O5. The number of esters is 1. The highest BCUT2D eigenvalue weighted by molar-refractivity contribution is 5.88. The first-order valence-electron chi connectivity index (χ1n) is 9.40. The third kappa shape index (κ3) is 5.49. The lowest BCUT2D eigenvalue weighted by Crippen LogP contribution is -2.28. The van der Waals surface area contributed by atoms with Gasteiger partial charge in [0.05, 0.1) is 12.0 Å². The standard InChI is InChI=1S/C21H28O5/c1-3-15-8-4-5-9-16-10-6-7-11-18(16)20(26-21(15)25)19(24)13-17(23)12-14(2)22/h6-7,10-11,15,17,20,23H,3-5,8-9,12-13H2,1-2H3/t15-,17+,20-/m1/s1. The topological polar surface area (TPSA) is 80.7 Å². The number of carbonyl (C=O) groups excluding carboxylic acids is 3. The van der Waals surface area contributed by atoms with Gasteiger partial charge in [0.1, 0.15) is 5.78 Å². The van der Waals surface area contributed by atoms with Crippen molar-refractivity contribution < 1.29 is 24.2 Å². The van der Waals surface area contributed by atoms with Gasteiger partial charge in [0.25, 0.3) is 0 Å². The lowest BCUT2D eigenvalue weighted by Gasteiger charge is -2.25. The van der Waals surface area contributed by atoms with Gasteiger partial charge in [0, 0.05) is 18.4 Å². The quantitative estimate of drug-likeness (QED) is 0.787. The van der Waals surface area contributed by atoms with E-state index in [-0.39, 0.29) is 36.3 Å². The molecule has 0 saturated carbocycles. The molecule has 1 aromatic rings. The van der Waals surface area contributed by atoms with Crippen molar-refractivity contribution in [3.8, 4) is 0 Å². The molecule has 3 atom stereocenters. The number of benzene rings is 1. The van der Waals surface area contributed by atoms with Crippen LogP contribution >= 0.6 is 0 Å². The number of aryl methyl sites for hydroxylation is 1. The molecule has 0 aliphatic carbocycles. The molecule has 0 radical (unpaired) electrons. The molecule has 26 heavy (non-hydrogen) atoms. The molecular weight excluding hydrogens is 332 g/mol. The lowest BCUT2D eigenvalue weighted by atomic mass is 9.90. The average molecular weight is 360 g/mol. The van der Waals surface area contributed by atoms with Crippen LogP contribution in [0.1, 0.15) is 69.6 Å². The van der Waals surface area contributed by atoms with Gasteiger partial charge in [-0.15, -0.1) is 0 Å². The number of aliphatic hydroxyl groups is 1. The van der Waals surface area contributed by atoms with Gasteiger partial charge in [0.15, 0.2) is 11.9 Å². The predicted molar refractivity (Wildman–Crippen MR) is 97.5 cm³/mol. The molecule has 1 heterocycles. The molecule has 1 aliphatic heterocycles. The Hall–Kier alpha value is -2.01. The van der Waals surface area contributed by atoms with Crippen LogP contribution in [0.4, 0.5) is 0 Å². The summed E-state index contributed by atoms with van der Waals surface area (Å²) in [5.74, 6) is -1.11. The number of Topliss-reactive ketones (excluding diaryl/α,β-unsaturated/α-hetero) is 2. The van der Waals surface area contributed by atoms with E-state index in [4.69, 9.17) is 4.74 Å². The van der Waals surface area contributed by atoms with Crippen LogP contribution in [-0.2, 0) is 25.5 Å². The highest BCUT2D eigenvalue weighted by atomic mass is 16.5. The number of ether oxygens (including phenoxy) is 1. The number of hydrogen-bond acceptors (Lipinski definition) is 5. The zero-order valence-electron chi connectivity index (χ0n) is 15.6. The van der Waals surface area contributed by atoms with E-state index in [0.29, 0.717) is 12.0 Å². The molecule has 0 amide bonds. The summed E-state index contributed by atoms with van der Waals surface area (Å²) in [4.78, 5) is 36.5. The van der Waals surface area contributed by atoms with Crippen LogP contribution in [0.2, 0.25) is 0 Å². The van der Waals surface area contributed by atoms with Gasteiger partial charge in [-0.2, -0.15) is 0 Å². The predicted octanol–water partition coefficient (Wildman–Crippen LogP) is 3.32. The summed E-state index contributed by atoms with van der Waals surface area (Å²) in [6, 6.07) is 7.49. The van der Waals surface area contributed by atoms with Gasteiger partial charge in [-0.05, 0) is 38.2 Å². The van der Waals surface area contributed by atoms with Crippen LogP contribution in [-0.4, -0.2) is 28.7 Å². The Bertz CT molecular complexity index is 652. The number of cyclic esters (lactones) is 1. The van der Waals surface area contributed by atoms with Crippen molar-refractivity contribution >= 4 is 17.5 Å². The van der Waals surface area contributed by atoms with Gasteiger partial charge < -0.3 is 9.84 Å². The van der Waals surface area contributed by atoms with Crippen molar-refractivity contribution in [2.45, 2.75) is 71.0 Å². The second-order valence-corrected chi connectivity index (χ2v) is 7.10. The van der Waals surface area contributed by atoms with Gasteiger partial charge in [0.2, 0.25) is 0 Å². The number of fused-ring (bicyclic) bond motifs is 1. The fraction of sp³-hybridized carbons (Fsp3) is 0.571. The number of ketones is 2. The minimum absolute atomic E-state index is 0.0777. The largest absolute Gasteiger partial charge is 0.449 e. The Morgan fingerprint density at radius 1 is 1.23 bits per heavy atom. The van der Waals surface area contributed by atoms with E-state index in [1.165, 1.54) is 6.92 Å². The Balaban J connectivity index is 2.30. The van der Waals surface area contributed by atoms with Gasteiger partial charge in [-0.25, -0.2) is 0 Å². The fourth-order valence-electron chi connectivity index (χ4n) is 3.47. The highest BCUT2D eigenvalue weighted by Crippen LogP contribution is 2.30. The molecule has 5 heteroatoms. The normalized spacial score (nSPS) is 22.0. The number of rotatable bonds is 6. The summed E-state index contributed by atoms with van der Waals surface area (Å²) in [6.45, 7) is 3.32. The molecule has 0 saturated heterocycles. The summed E-state index contributed by atoms with van der Waals surface area (Å²) >= 11 is 0. The maximum Gasteiger partial charge on any atom is 0.309 e. The van der Waals surface area contributed by atoms with Crippen LogP contribution < -0.4 is 0 Å². The fourth-order valence-corrected chi connectivity index (χ4v) is 3.47. The van der Waals surface area contributed by atoms with E-state index in [2.05, 4.69) is 0 Å². The summed E-state index contributed by atoms with van der Waals surface area (Å²) in [5, 5.41) is 9.98. The summed E-state index contributed by atoms with van der Waals surface area (Å²) in [7, 11) is 0. The van der Waals surface area contributed by atoms with Crippen molar-refractivity contribution in [2.75, 3.05) is 0 Å². The average Bonchev–Trinajstić information content (AvgIpc) is 2.59. The second kappa shape index (κ2) is 9.62. The Kier molecular flexibility index (Phi) is 7.51. The van der Waals surface area contributed by atoms with Crippen LogP contribution in [0.3, 0.4) is 0 Å². The van der Waals surface area contributed by atoms with E-state index in [1.807, 2.05) is 31.2 Å². The van der Waals surface area contributed by atoms with Gasteiger partial charge >= 0.3 is 5.97 Å². The summed E-state index contributed by atoms with van der Waals surface area (Å²) in [6.07, 6.45) is 1.79. The Morgan fingerprint density at radius 3 is 2.65 bits per heavy atom. The molecule has 0 aromatic heterocycles. The maximum atomic E-state index is 12.8. The molecule has 2 rings (SSSR count). The third-order valence-corrected chi connectivity index (χ3v) is 4.90. The number of carbonyl (C=O) groups is 3. The van der Waals surface area contributed by atoms with Crippen molar-refractivity contribution in [2.24, 2.45) is 5.92 Å². The van der Waals surface area contributed by atoms with E-state index in [9.17, 15) is 19.5 Å².